The lowest BCUT2D eigenvalue weighted by molar-refractivity contribution is -0.124. The Morgan fingerprint density at radius 1 is 1.04 bits per heavy atom. The van der Waals surface area contributed by atoms with Crippen LogP contribution in [-0.4, -0.2) is 37.4 Å². The number of hydrogen-bond acceptors (Lipinski definition) is 6. The zero-order chi connectivity index (χ0) is 19.6. The number of nitrogens with zero attached hydrogens (tertiary/aromatic N) is 1. The van der Waals surface area contributed by atoms with Gasteiger partial charge in [-0.15, -0.1) is 0 Å². The number of carbonyl (C=O) groups excluding carboxylic acids is 2. The highest BCUT2D eigenvalue weighted by Gasteiger charge is 2.08. The third kappa shape index (κ3) is 6.03. The van der Waals surface area contributed by atoms with Crippen molar-refractivity contribution >= 4 is 23.7 Å². The minimum Gasteiger partial charge on any atom is -0.504 e. The first-order chi connectivity index (χ1) is 13.0. The molecule has 0 aliphatic rings. The van der Waals surface area contributed by atoms with Crippen molar-refractivity contribution in [1.29, 1.82) is 0 Å². The Kier molecular flexibility index (Phi) is 7.18. The molecule has 0 bridgehead atoms. The molecule has 0 spiro atoms. The average Bonchev–Trinajstić information content (AvgIpc) is 2.68. The summed E-state index contributed by atoms with van der Waals surface area (Å²) < 4.78 is 10.0. The third-order valence-electron chi connectivity index (χ3n) is 3.60. The van der Waals surface area contributed by atoms with Crippen LogP contribution < -0.4 is 20.2 Å². The molecule has 2 aromatic rings. The van der Waals surface area contributed by atoms with E-state index in [1.54, 1.807) is 49.6 Å². The molecule has 0 radical (unpaired) electrons. The summed E-state index contributed by atoms with van der Waals surface area (Å²) in [6.07, 6.45) is 1.29. The first-order valence-electron chi connectivity index (χ1n) is 8.15. The number of para-hydroxylation sites is 1. The summed E-state index contributed by atoms with van der Waals surface area (Å²) in [5.41, 5.74) is 3.33. The van der Waals surface area contributed by atoms with E-state index >= 15 is 0 Å². The van der Waals surface area contributed by atoms with Gasteiger partial charge in [0.15, 0.2) is 11.5 Å². The number of ether oxygens (including phenoxy) is 2. The summed E-state index contributed by atoms with van der Waals surface area (Å²) in [6, 6.07) is 11.8. The molecule has 0 fully saturated rings. The molecule has 0 atom stereocenters. The van der Waals surface area contributed by atoms with Crippen LogP contribution in [-0.2, 0) is 9.59 Å². The number of amides is 2. The highest BCUT2D eigenvalue weighted by Crippen LogP contribution is 2.27. The van der Waals surface area contributed by atoms with Crippen LogP contribution in [0.15, 0.2) is 47.6 Å². The molecule has 0 heterocycles. The van der Waals surface area contributed by atoms with Crippen LogP contribution in [0.5, 0.6) is 17.2 Å². The molecule has 2 amide bonds. The normalized spacial score (nSPS) is 10.4. The Balaban J connectivity index is 1.77. The molecule has 3 N–H and O–H groups in total. The smallest absolute Gasteiger partial charge is 0.240 e. The van der Waals surface area contributed by atoms with Gasteiger partial charge in [-0.3, -0.25) is 9.59 Å². The number of carbonyl (C=O) groups is 2. The summed E-state index contributed by atoms with van der Waals surface area (Å²) in [5.74, 6) is 0.216. The predicted molar refractivity (Wildman–Crippen MR) is 101 cm³/mol. The van der Waals surface area contributed by atoms with Gasteiger partial charge in [0.2, 0.25) is 11.8 Å². The van der Waals surface area contributed by atoms with Crippen LogP contribution in [0.2, 0.25) is 0 Å². The van der Waals surface area contributed by atoms with E-state index in [9.17, 15) is 14.7 Å². The zero-order valence-corrected chi connectivity index (χ0v) is 15.1. The summed E-state index contributed by atoms with van der Waals surface area (Å²) in [4.78, 5) is 23.6. The highest BCUT2D eigenvalue weighted by molar-refractivity contribution is 5.93. The van der Waals surface area contributed by atoms with Gasteiger partial charge in [0.05, 0.1) is 20.4 Å². The number of methoxy groups -OCH3 is 2. The van der Waals surface area contributed by atoms with E-state index in [1.165, 1.54) is 13.3 Å². The van der Waals surface area contributed by atoms with Crippen molar-refractivity contribution in [3.05, 3.63) is 48.0 Å². The molecule has 2 aromatic carbocycles. The lowest BCUT2D eigenvalue weighted by Crippen LogP contribution is -2.20. The van der Waals surface area contributed by atoms with Gasteiger partial charge in [0, 0.05) is 24.1 Å². The van der Waals surface area contributed by atoms with Crippen molar-refractivity contribution in [3.63, 3.8) is 0 Å². The monoisotopic (exact) mass is 371 g/mol. The fourth-order valence-corrected chi connectivity index (χ4v) is 2.16. The van der Waals surface area contributed by atoms with E-state index in [4.69, 9.17) is 9.47 Å². The van der Waals surface area contributed by atoms with Crippen molar-refractivity contribution < 1.29 is 24.2 Å². The first-order valence-corrected chi connectivity index (χ1v) is 8.15. The van der Waals surface area contributed by atoms with Crippen molar-refractivity contribution in [2.45, 2.75) is 12.8 Å². The number of phenolic OH excluding ortho intramolecular Hbond substituents is 1. The standard InChI is InChI=1S/C19H21N3O5/c1-26-15-8-6-14(7-9-15)21-17(23)10-11-18(24)22-20-12-13-4-3-5-16(27-2)19(13)25/h3-9,12,25H,10-11H2,1-2H3,(H,21,23)(H,22,24)/b20-12-. The van der Waals surface area contributed by atoms with Gasteiger partial charge in [0.25, 0.3) is 0 Å². The summed E-state index contributed by atoms with van der Waals surface area (Å²) >= 11 is 0. The molecule has 142 valence electrons. The fraction of sp³-hybridized carbons (Fsp3) is 0.211. The van der Waals surface area contributed by atoms with Gasteiger partial charge in [-0.1, -0.05) is 6.07 Å². The number of rotatable bonds is 8. The van der Waals surface area contributed by atoms with Crippen LogP contribution in [0.1, 0.15) is 18.4 Å². The SMILES string of the molecule is COc1ccc(NC(=O)CCC(=O)N/N=C\c2cccc(OC)c2O)cc1. The van der Waals surface area contributed by atoms with E-state index in [1.807, 2.05) is 0 Å². The average molecular weight is 371 g/mol. The van der Waals surface area contributed by atoms with Crippen LogP contribution in [0.25, 0.3) is 0 Å². The van der Waals surface area contributed by atoms with E-state index in [0.717, 1.165) is 0 Å². The second-order valence-electron chi connectivity index (χ2n) is 5.47. The third-order valence-corrected chi connectivity index (χ3v) is 3.60. The molecule has 2 rings (SSSR count). The Bertz CT molecular complexity index is 819. The fourth-order valence-electron chi connectivity index (χ4n) is 2.16. The van der Waals surface area contributed by atoms with Crippen molar-refractivity contribution in [1.82, 2.24) is 5.43 Å². The Hall–Kier alpha value is -3.55. The molecule has 0 aliphatic heterocycles. The summed E-state index contributed by atoms with van der Waals surface area (Å²) in [5, 5.41) is 16.4. The second kappa shape index (κ2) is 9.81. The topological polar surface area (TPSA) is 109 Å². The van der Waals surface area contributed by atoms with Gasteiger partial charge in [0.1, 0.15) is 5.75 Å². The van der Waals surface area contributed by atoms with Crippen molar-refractivity contribution in [2.75, 3.05) is 19.5 Å². The van der Waals surface area contributed by atoms with Gasteiger partial charge >= 0.3 is 0 Å². The molecular weight excluding hydrogens is 350 g/mol. The minimum absolute atomic E-state index is 0.0117. The molecule has 27 heavy (non-hydrogen) atoms. The lowest BCUT2D eigenvalue weighted by Gasteiger charge is -2.06. The lowest BCUT2D eigenvalue weighted by atomic mass is 10.2. The van der Waals surface area contributed by atoms with E-state index in [-0.39, 0.29) is 24.5 Å². The number of phenols is 1. The minimum atomic E-state index is -0.418. The van der Waals surface area contributed by atoms with Gasteiger partial charge in [-0.25, -0.2) is 5.43 Å². The number of anilines is 1. The Labute approximate surface area is 156 Å². The predicted octanol–water partition coefficient (Wildman–Crippen LogP) is 2.28. The van der Waals surface area contributed by atoms with Crippen molar-refractivity contribution in [3.8, 4) is 17.2 Å². The Morgan fingerprint density at radius 2 is 1.74 bits per heavy atom. The van der Waals surface area contributed by atoms with Crippen LogP contribution in [0.4, 0.5) is 5.69 Å². The molecule has 0 aromatic heterocycles. The van der Waals surface area contributed by atoms with Crippen LogP contribution in [0.3, 0.4) is 0 Å². The maximum absolute atomic E-state index is 11.9. The van der Waals surface area contributed by atoms with Gasteiger partial charge in [-0.05, 0) is 36.4 Å². The number of hydrazone groups is 1. The number of aromatic hydroxyl groups is 1. The quantitative estimate of drug-likeness (QED) is 0.487. The summed E-state index contributed by atoms with van der Waals surface area (Å²) in [7, 11) is 3.00. The zero-order valence-electron chi connectivity index (χ0n) is 15.1. The molecule has 0 saturated carbocycles. The van der Waals surface area contributed by atoms with E-state index in [0.29, 0.717) is 22.7 Å². The van der Waals surface area contributed by atoms with Gasteiger partial charge < -0.3 is 19.9 Å². The van der Waals surface area contributed by atoms with E-state index < -0.39 is 5.91 Å². The van der Waals surface area contributed by atoms with Crippen LogP contribution in [0, 0.1) is 0 Å². The maximum Gasteiger partial charge on any atom is 0.240 e. The first kappa shape index (κ1) is 19.8. The highest BCUT2D eigenvalue weighted by atomic mass is 16.5. The number of benzene rings is 2. The largest absolute Gasteiger partial charge is 0.504 e. The molecule has 8 nitrogen and oxygen atoms in total. The molecule has 0 saturated heterocycles. The van der Waals surface area contributed by atoms with E-state index in [2.05, 4.69) is 15.8 Å². The molecule has 8 heteroatoms. The molecule has 0 unspecified atom stereocenters. The molecular formula is C19H21N3O5. The Morgan fingerprint density at radius 3 is 2.41 bits per heavy atom. The van der Waals surface area contributed by atoms with Crippen molar-refractivity contribution in [2.24, 2.45) is 5.10 Å². The summed E-state index contributed by atoms with van der Waals surface area (Å²) in [6.45, 7) is 0. The molecule has 0 aliphatic carbocycles. The number of nitrogens with one attached hydrogen (secondary N) is 2. The second-order valence-corrected chi connectivity index (χ2v) is 5.47. The van der Waals surface area contributed by atoms with Crippen LogP contribution >= 0.6 is 0 Å². The maximum atomic E-state index is 11.9. The number of hydrogen-bond donors (Lipinski definition) is 3. The van der Waals surface area contributed by atoms with Gasteiger partial charge in [-0.2, -0.15) is 5.10 Å².